The lowest BCUT2D eigenvalue weighted by Crippen LogP contribution is -2.44. The van der Waals surface area contributed by atoms with Crippen molar-refractivity contribution in [3.63, 3.8) is 0 Å². The standard InChI is InChI=1S/C51H34N4OS/c1-3-13-31(14-4-1)49-52-50(32-15-5-2-6-16-32)54-51(53-49)33-25-27-44-40(29-33)39-21-11-20-38(48(39)56-44)37-19-12-24-46-47(37)41-30-34(26-28-45(41)57-46)55-42-22-9-7-17-35(42)36-18-8-10-23-43(36)55/h1-30,49-50,52H,(H,53,54). The van der Waals surface area contributed by atoms with Gasteiger partial charge in [-0.15, -0.1) is 11.3 Å². The van der Waals surface area contributed by atoms with Crippen molar-refractivity contribution in [2.45, 2.75) is 12.3 Å². The first-order chi connectivity index (χ1) is 28.2. The number of furan rings is 1. The second-order valence-electron chi connectivity index (χ2n) is 14.8. The molecule has 0 radical (unpaired) electrons. The van der Waals surface area contributed by atoms with E-state index in [9.17, 15) is 0 Å². The van der Waals surface area contributed by atoms with Gasteiger partial charge in [-0.05, 0) is 71.3 Å². The zero-order valence-electron chi connectivity index (χ0n) is 30.7. The zero-order chi connectivity index (χ0) is 37.5. The highest BCUT2D eigenvalue weighted by Gasteiger charge is 2.26. The van der Waals surface area contributed by atoms with Gasteiger partial charge in [0.2, 0.25) is 0 Å². The fourth-order valence-electron chi connectivity index (χ4n) is 8.87. The second kappa shape index (κ2) is 12.8. The van der Waals surface area contributed by atoms with Crippen LogP contribution in [0.2, 0.25) is 0 Å². The number of nitrogens with one attached hydrogen (secondary N) is 2. The van der Waals surface area contributed by atoms with Crippen LogP contribution in [-0.2, 0) is 0 Å². The van der Waals surface area contributed by atoms with Crippen molar-refractivity contribution in [3.05, 3.63) is 199 Å². The Morgan fingerprint density at radius 1 is 0.526 bits per heavy atom. The quantitative estimate of drug-likeness (QED) is 0.184. The molecular formula is C51H34N4OS. The van der Waals surface area contributed by atoms with Crippen LogP contribution in [0, 0.1) is 0 Å². The third-order valence-corrected chi connectivity index (χ3v) is 12.6. The van der Waals surface area contributed by atoms with Crippen molar-refractivity contribution in [2.24, 2.45) is 4.99 Å². The zero-order valence-corrected chi connectivity index (χ0v) is 31.5. The highest BCUT2D eigenvalue weighted by Crippen LogP contribution is 2.45. The number of aromatic nitrogens is 1. The minimum atomic E-state index is -0.201. The Morgan fingerprint density at radius 3 is 2.00 bits per heavy atom. The van der Waals surface area contributed by atoms with Crippen LogP contribution in [0.25, 0.3) is 80.7 Å². The van der Waals surface area contributed by atoms with E-state index in [1.54, 1.807) is 0 Å². The molecule has 0 saturated heterocycles. The number of hydrogen-bond acceptors (Lipinski definition) is 5. The van der Waals surface area contributed by atoms with E-state index in [-0.39, 0.29) is 12.3 Å². The number of rotatable bonds is 5. The SMILES string of the molecule is c1ccc(C2N=C(c3ccc4oc5c(-c6cccc7sc8ccc(-n9c%10ccccc%10c%10ccccc%109)cc8c67)cccc5c4c3)NC(c3ccccc3)N2)cc1. The molecule has 12 rings (SSSR count). The van der Waals surface area contributed by atoms with Crippen molar-refractivity contribution in [2.75, 3.05) is 0 Å². The first-order valence-electron chi connectivity index (χ1n) is 19.4. The largest absolute Gasteiger partial charge is 0.455 e. The summed E-state index contributed by atoms with van der Waals surface area (Å²) in [7, 11) is 0. The normalized spacial score (nSPS) is 15.9. The van der Waals surface area contributed by atoms with Crippen LogP contribution < -0.4 is 10.6 Å². The van der Waals surface area contributed by atoms with Crippen molar-refractivity contribution < 1.29 is 4.42 Å². The molecule has 11 aromatic rings. The molecule has 3 aromatic heterocycles. The molecule has 1 aliphatic rings. The van der Waals surface area contributed by atoms with Crippen molar-refractivity contribution in [1.82, 2.24) is 15.2 Å². The molecule has 0 aliphatic carbocycles. The van der Waals surface area contributed by atoms with Gasteiger partial charge in [0.25, 0.3) is 0 Å². The summed E-state index contributed by atoms with van der Waals surface area (Å²) in [5.41, 5.74) is 10.9. The third-order valence-electron chi connectivity index (χ3n) is 11.5. The van der Waals surface area contributed by atoms with Gasteiger partial charge in [-0.3, -0.25) is 5.32 Å². The highest BCUT2D eigenvalue weighted by molar-refractivity contribution is 7.26. The lowest BCUT2D eigenvalue weighted by Gasteiger charge is -2.32. The van der Waals surface area contributed by atoms with E-state index in [1.807, 2.05) is 23.5 Å². The van der Waals surface area contributed by atoms with Gasteiger partial charge in [-0.1, -0.05) is 127 Å². The molecule has 4 heterocycles. The van der Waals surface area contributed by atoms with Crippen LogP contribution in [0.1, 0.15) is 29.0 Å². The third kappa shape index (κ3) is 5.15. The Bertz CT molecular complexity index is 3320. The summed E-state index contributed by atoms with van der Waals surface area (Å²) in [4.78, 5) is 5.21. The Morgan fingerprint density at radius 2 is 1.21 bits per heavy atom. The van der Waals surface area contributed by atoms with Crippen molar-refractivity contribution >= 4 is 81.1 Å². The predicted molar refractivity (Wildman–Crippen MR) is 238 cm³/mol. The van der Waals surface area contributed by atoms with Gasteiger partial charge in [-0.25, -0.2) is 4.99 Å². The molecule has 0 fully saturated rings. The molecule has 2 N–H and O–H groups in total. The van der Waals surface area contributed by atoms with E-state index in [2.05, 4.69) is 185 Å². The Hall–Kier alpha value is -6.99. The van der Waals surface area contributed by atoms with Gasteiger partial charge >= 0.3 is 0 Å². The van der Waals surface area contributed by atoms with E-state index in [0.717, 1.165) is 55.7 Å². The summed E-state index contributed by atoms with van der Waals surface area (Å²) in [5.74, 6) is 0.845. The van der Waals surface area contributed by atoms with E-state index >= 15 is 0 Å². The average Bonchev–Trinajstić information content (AvgIpc) is 3.96. The molecule has 0 spiro atoms. The molecule has 1 aliphatic heterocycles. The van der Waals surface area contributed by atoms with Crippen molar-refractivity contribution in [1.29, 1.82) is 0 Å². The number of benzene rings is 8. The van der Waals surface area contributed by atoms with Crippen molar-refractivity contribution in [3.8, 4) is 16.8 Å². The molecule has 2 atom stereocenters. The maximum atomic E-state index is 6.80. The lowest BCUT2D eigenvalue weighted by atomic mass is 9.97. The molecule has 0 saturated carbocycles. The van der Waals surface area contributed by atoms with Gasteiger partial charge < -0.3 is 14.3 Å². The predicted octanol–water partition coefficient (Wildman–Crippen LogP) is 13.1. The van der Waals surface area contributed by atoms with Crippen LogP contribution in [0.3, 0.4) is 0 Å². The smallest absolute Gasteiger partial charge is 0.143 e. The maximum Gasteiger partial charge on any atom is 0.143 e. The second-order valence-corrected chi connectivity index (χ2v) is 15.9. The van der Waals surface area contributed by atoms with Crippen LogP contribution >= 0.6 is 11.3 Å². The number of aliphatic imine (C=N–C) groups is 1. The number of hydrogen-bond donors (Lipinski definition) is 2. The average molecular weight is 751 g/mol. The van der Waals surface area contributed by atoms with Gasteiger partial charge in [-0.2, -0.15) is 0 Å². The van der Waals surface area contributed by atoms with Crippen LogP contribution in [0.15, 0.2) is 191 Å². The van der Waals surface area contributed by atoms with E-state index in [1.165, 1.54) is 47.5 Å². The fraction of sp³-hybridized carbons (Fsp3) is 0.0392. The van der Waals surface area contributed by atoms with E-state index in [4.69, 9.17) is 9.41 Å². The monoisotopic (exact) mass is 750 g/mol. The van der Waals surface area contributed by atoms with Gasteiger partial charge in [0.1, 0.15) is 29.3 Å². The Labute approximate surface area is 332 Å². The molecule has 8 aromatic carbocycles. The van der Waals surface area contributed by atoms with Gasteiger partial charge in [0, 0.05) is 58.5 Å². The Kier molecular flexibility index (Phi) is 7.24. The number of nitrogens with zero attached hydrogens (tertiary/aromatic N) is 2. The number of amidine groups is 1. The summed E-state index contributed by atoms with van der Waals surface area (Å²) in [5, 5.41) is 14.6. The summed E-state index contributed by atoms with van der Waals surface area (Å²) >= 11 is 1.84. The number of fused-ring (bicyclic) bond motifs is 9. The minimum Gasteiger partial charge on any atom is -0.455 e. The topological polar surface area (TPSA) is 54.5 Å². The number of thiophene rings is 1. The van der Waals surface area contributed by atoms with Crippen LogP contribution in [0.5, 0.6) is 0 Å². The molecule has 270 valence electrons. The fourth-order valence-corrected chi connectivity index (χ4v) is 9.98. The first-order valence-corrected chi connectivity index (χ1v) is 20.2. The Balaban J connectivity index is 1.00. The van der Waals surface area contributed by atoms with Crippen LogP contribution in [0.4, 0.5) is 0 Å². The van der Waals surface area contributed by atoms with Gasteiger partial charge in [0.05, 0.1) is 11.0 Å². The summed E-state index contributed by atoms with van der Waals surface area (Å²) < 4.78 is 11.7. The first kappa shape index (κ1) is 32.3. The lowest BCUT2D eigenvalue weighted by molar-refractivity contribution is 0.409. The maximum absolute atomic E-state index is 6.80. The molecule has 0 bridgehead atoms. The molecule has 0 amide bonds. The van der Waals surface area contributed by atoms with Gasteiger partial charge in [0.15, 0.2) is 0 Å². The summed E-state index contributed by atoms with van der Waals surface area (Å²) in [6.07, 6.45) is -0.309. The minimum absolute atomic E-state index is 0.108. The molecule has 57 heavy (non-hydrogen) atoms. The summed E-state index contributed by atoms with van der Waals surface area (Å²) in [6.45, 7) is 0. The highest BCUT2D eigenvalue weighted by atomic mass is 32.1. The van der Waals surface area contributed by atoms with E-state index < -0.39 is 0 Å². The molecule has 2 unspecified atom stereocenters. The van der Waals surface area contributed by atoms with E-state index in [0.29, 0.717) is 0 Å². The molecule has 6 heteroatoms. The molecule has 5 nitrogen and oxygen atoms in total. The summed E-state index contributed by atoms with van der Waals surface area (Å²) in [6, 6.07) is 64.9. The number of para-hydroxylation sites is 3. The molecular weight excluding hydrogens is 717 g/mol. The van der Waals surface area contributed by atoms with Crippen LogP contribution in [-0.4, -0.2) is 10.4 Å².